The van der Waals surface area contributed by atoms with Crippen LogP contribution >= 0.6 is 27.5 Å². The summed E-state index contributed by atoms with van der Waals surface area (Å²) in [5.41, 5.74) is 0.487. The van der Waals surface area contributed by atoms with Crippen LogP contribution in [0.15, 0.2) is 22.7 Å². The number of aliphatic carboxylic acids is 1. The molecule has 0 unspecified atom stereocenters. The second-order valence-electron chi connectivity index (χ2n) is 3.85. The molecule has 0 spiro atoms. The Bertz CT molecular complexity index is 465. The SMILES string of the molecule is CN(CCCC(=O)O)C(=O)c1ccc(Br)c(Cl)c1. The van der Waals surface area contributed by atoms with Gasteiger partial charge in [-0.05, 0) is 40.5 Å². The van der Waals surface area contributed by atoms with Gasteiger partial charge in [-0.3, -0.25) is 9.59 Å². The first-order chi connectivity index (χ1) is 8.41. The number of carboxylic acid groups (broad SMARTS) is 1. The van der Waals surface area contributed by atoms with Gasteiger partial charge in [0.05, 0.1) is 5.02 Å². The minimum absolute atomic E-state index is 0.0543. The van der Waals surface area contributed by atoms with E-state index in [4.69, 9.17) is 16.7 Å². The summed E-state index contributed by atoms with van der Waals surface area (Å²) in [6.45, 7) is 0.402. The maximum atomic E-state index is 12.0. The van der Waals surface area contributed by atoms with Crippen molar-refractivity contribution in [2.75, 3.05) is 13.6 Å². The minimum atomic E-state index is -0.859. The molecule has 0 fully saturated rings. The number of carboxylic acids is 1. The lowest BCUT2D eigenvalue weighted by Crippen LogP contribution is -2.28. The van der Waals surface area contributed by atoms with Crippen molar-refractivity contribution < 1.29 is 14.7 Å². The van der Waals surface area contributed by atoms with E-state index in [1.165, 1.54) is 4.90 Å². The van der Waals surface area contributed by atoms with Crippen LogP contribution in [0.2, 0.25) is 5.02 Å². The van der Waals surface area contributed by atoms with Gasteiger partial charge in [0.1, 0.15) is 0 Å². The summed E-state index contributed by atoms with van der Waals surface area (Å²) in [5, 5.41) is 8.99. The van der Waals surface area contributed by atoms with Crippen molar-refractivity contribution in [3.8, 4) is 0 Å². The summed E-state index contributed by atoms with van der Waals surface area (Å²) >= 11 is 9.16. The zero-order valence-corrected chi connectivity index (χ0v) is 12.2. The molecule has 0 aliphatic carbocycles. The summed E-state index contributed by atoms with van der Waals surface area (Å²) in [7, 11) is 1.64. The van der Waals surface area contributed by atoms with Gasteiger partial charge in [-0.2, -0.15) is 0 Å². The lowest BCUT2D eigenvalue weighted by molar-refractivity contribution is -0.137. The number of benzene rings is 1. The van der Waals surface area contributed by atoms with Gasteiger partial charge in [0.15, 0.2) is 0 Å². The number of nitrogens with zero attached hydrogens (tertiary/aromatic N) is 1. The molecule has 0 radical (unpaired) electrons. The van der Waals surface area contributed by atoms with E-state index in [2.05, 4.69) is 15.9 Å². The molecule has 0 atom stereocenters. The Morgan fingerprint density at radius 3 is 2.67 bits per heavy atom. The van der Waals surface area contributed by atoms with E-state index >= 15 is 0 Å². The molecular formula is C12H13BrClNO3. The fraction of sp³-hybridized carbons (Fsp3) is 0.333. The summed E-state index contributed by atoms with van der Waals surface area (Å²) < 4.78 is 0.731. The molecule has 0 bridgehead atoms. The van der Waals surface area contributed by atoms with Gasteiger partial charge in [-0.15, -0.1) is 0 Å². The molecular weight excluding hydrogens is 321 g/mol. The number of carbonyl (C=O) groups is 2. The van der Waals surface area contributed by atoms with Gasteiger partial charge in [0.25, 0.3) is 5.91 Å². The molecule has 1 aromatic carbocycles. The van der Waals surface area contributed by atoms with Gasteiger partial charge in [-0.25, -0.2) is 0 Å². The van der Waals surface area contributed by atoms with E-state index < -0.39 is 5.97 Å². The molecule has 1 N–H and O–H groups in total. The fourth-order valence-electron chi connectivity index (χ4n) is 1.42. The van der Waals surface area contributed by atoms with Crippen LogP contribution in [-0.4, -0.2) is 35.5 Å². The zero-order chi connectivity index (χ0) is 13.7. The summed E-state index contributed by atoms with van der Waals surface area (Å²) in [5.74, 6) is -1.03. The summed E-state index contributed by atoms with van der Waals surface area (Å²) in [6.07, 6.45) is 0.487. The third-order valence-corrected chi connectivity index (χ3v) is 3.63. The first-order valence-corrected chi connectivity index (χ1v) is 6.51. The molecule has 0 heterocycles. The Morgan fingerprint density at radius 1 is 1.44 bits per heavy atom. The topological polar surface area (TPSA) is 57.6 Å². The van der Waals surface area contributed by atoms with Crippen molar-refractivity contribution in [3.63, 3.8) is 0 Å². The molecule has 1 amide bonds. The highest BCUT2D eigenvalue weighted by atomic mass is 79.9. The van der Waals surface area contributed by atoms with Crippen molar-refractivity contribution in [1.29, 1.82) is 0 Å². The summed E-state index contributed by atoms with van der Waals surface area (Å²) in [4.78, 5) is 23.9. The minimum Gasteiger partial charge on any atom is -0.481 e. The standard InChI is InChI=1S/C12H13BrClNO3/c1-15(6-2-3-11(16)17)12(18)8-4-5-9(13)10(14)7-8/h4-5,7H,2-3,6H2,1H3,(H,16,17). The fourth-order valence-corrected chi connectivity index (χ4v) is 1.85. The third kappa shape index (κ3) is 4.31. The number of carbonyl (C=O) groups excluding carboxylic acids is 1. The molecule has 1 aromatic rings. The maximum absolute atomic E-state index is 12.0. The Kier molecular flexibility index (Phi) is 5.62. The number of halogens is 2. The van der Waals surface area contributed by atoms with Crippen LogP contribution in [0, 0.1) is 0 Å². The van der Waals surface area contributed by atoms with E-state index in [0.717, 1.165) is 4.47 Å². The van der Waals surface area contributed by atoms with Crippen LogP contribution in [-0.2, 0) is 4.79 Å². The molecule has 0 aromatic heterocycles. The highest BCUT2D eigenvalue weighted by Gasteiger charge is 2.13. The third-order valence-electron chi connectivity index (χ3n) is 2.40. The van der Waals surface area contributed by atoms with Gasteiger partial charge in [0.2, 0.25) is 0 Å². The van der Waals surface area contributed by atoms with E-state index in [9.17, 15) is 9.59 Å². The average molecular weight is 335 g/mol. The molecule has 0 saturated carbocycles. The van der Waals surface area contributed by atoms with Crippen molar-refractivity contribution in [1.82, 2.24) is 4.90 Å². The predicted molar refractivity (Wildman–Crippen MR) is 73.0 cm³/mol. The van der Waals surface area contributed by atoms with E-state index in [0.29, 0.717) is 23.6 Å². The number of hydrogen-bond acceptors (Lipinski definition) is 2. The number of rotatable bonds is 5. The van der Waals surface area contributed by atoms with Crippen LogP contribution < -0.4 is 0 Å². The van der Waals surface area contributed by atoms with Crippen LogP contribution in [0.5, 0.6) is 0 Å². The van der Waals surface area contributed by atoms with Crippen LogP contribution in [0.1, 0.15) is 23.2 Å². The second kappa shape index (κ2) is 6.75. The largest absolute Gasteiger partial charge is 0.481 e. The molecule has 0 aliphatic heterocycles. The van der Waals surface area contributed by atoms with E-state index in [-0.39, 0.29) is 12.3 Å². The molecule has 4 nitrogen and oxygen atoms in total. The average Bonchev–Trinajstić information content (AvgIpc) is 2.31. The first kappa shape index (κ1) is 15.0. The van der Waals surface area contributed by atoms with Crippen molar-refractivity contribution in [2.24, 2.45) is 0 Å². The summed E-state index contributed by atoms with van der Waals surface area (Å²) in [6, 6.07) is 4.97. The molecule has 18 heavy (non-hydrogen) atoms. The van der Waals surface area contributed by atoms with Crippen LogP contribution in [0.3, 0.4) is 0 Å². The second-order valence-corrected chi connectivity index (χ2v) is 5.11. The zero-order valence-electron chi connectivity index (χ0n) is 9.82. The molecule has 0 saturated heterocycles. The molecule has 6 heteroatoms. The normalized spacial score (nSPS) is 10.2. The van der Waals surface area contributed by atoms with Crippen LogP contribution in [0.25, 0.3) is 0 Å². The Morgan fingerprint density at radius 2 is 2.11 bits per heavy atom. The number of amides is 1. The smallest absolute Gasteiger partial charge is 0.303 e. The van der Waals surface area contributed by atoms with Gasteiger partial charge in [-0.1, -0.05) is 11.6 Å². The van der Waals surface area contributed by atoms with Crippen LogP contribution in [0.4, 0.5) is 0 Å². The highest BCUT2D eigenvalue weighted by molar-refractivity contribution is 9.10. The van der Waals surface area contributed by atoms with Gasteiger partial charge >= 0.3 is 5.97 Å². The van der Waals surface area contributed by atoms with Gasteiger partial charge in [0, 0.05) is 30.0 Å². The molecule has 98 valence electrons. The van der Waals surface area contributed by atoms with Crippen molar-refractivity contribution in [2.45, 2.75) is 12.8 Å². The quantitative estimate of drug-likeness (QED) is 0.900. The maximum Gasteiger partial charge on any atom is 0.303 e. The monoisotopic (exact) mass is 333 g/mol. The Labute approximate surface area is 119 Å². The first-order valence-electron chi connectivity index (χ1n) is 5.34. The lowest BCUT2D eigenvalue weighted by atomic mass is 10.2. The van der Waals surface area contributed by atoms with E-state index in [1.807, 2.05) is 0 Å². The molecule has 0 aliphatic rings. The van der Waals surface area contributed by atoms with E-state index in [1.54, 1.807) is 25.2 Å². The highest BCUT2D eigenvalue weighted by Crippen LogP contribution is 2.23. The van der Waals surface area contributed by atoms with Crippen molar-refractivity contribution >= 4 is 39.4 Å². The van der Waals surface area contributed by atoms with Crippen molar-refractivity contribution in [3.05, 3.63) is 33.3 Å². The van der Waals surface area contributed by atoms with Gasteiger partial charge < -0.3 is 10.0 Å². The lowest BCUT2D eigenvalue weighted by Gasteiger charge is -2.16. The Hall–Kier alpha value is -1.07. The Balaban J connectivity index is 2.62. The number of hydrogen-bond donors (Lipinski definition) is 1. The predicted octanol–water partition coefficient (Wildman–Crippen LogP) is 3.04. The molecule has 1 rings (SSSR count).